The largest absolute Gasteiger partial charge is 0.372 e. The highest BCUT2D eigenvalue weighted by Gasteiger charge is 2.31. The van der Waals surface area contributed by atoms with Crippen LogP contribution < -0.4 is 5.32 Å². The van der Waals surface area contributed by atoms with Crippen molar-refractivity contribution in [2.45, 2.75) is 18.9 Å². The van der Waals surface area contributed by atoms with Gasteiger partial charge in [0.15, 0.2) is 0 Å². The number of rotatable bonds is 4. The summed E-state index contributed by atoms with van der Waals surface area (Å²) in [6.07, 6.45) is 4.63. The Kier molecular flexibility index (Phi) is 2.79. The van der Waals surface area contributed by atoms with Crippen molar-refractivity contribution < 1.29 is 4.74 Å². The highest BCUT2D eigenvalue weighted by molar-refractivity contribution is 5.08. The highest BCUT2D eigenvalue weighted by Crippen LogP contribution is 2.15. The van der Waals surface area contributed by atoms with E-state index in [1.54, 1.807) is 6.20 Å². The van der Waals surface area contributed by atoms with Crippen LogP contribution in [-0.2, 0) is 11.2 Å². The molecule has 0 spiro atoms. The molecule has 1 aromatic heterocycles. The number of hydrogen-bond acceptors (Lipinski definition) is 3. The summed E-state index contributed by atoms with van der Waals surface area (Å²) in [6.45, 7) is 4.87. The van der Waals surface area contributed by atoms with Gasteiger partial charge in [0.2, 0.25) is 0 Å². The summed E-state index contributed by atoms with van der Waals surface area (Å²) in [4.78, 5) is 4.07. The van der Waals surface area contributed by atoms with Gasteiger partial charge >= 0.3 is 0 Å². The number of ether oxygens (including phenoxy) is 1. The molecule has 0 saturated carbocycles. The van der Waals surface area contributed by atoms with E-state index in [1.807, 2.05) is 12.3 Å². The lowest BCUT2D eigenvalue weighted by Crippen LogP contribution is -2.59. The number of nitrogens with one attached hydrogen (secondary N) is 1. The predicted octanol–water partition coefficient (Wildman–Crippen LogP) is 1.00. The molecule has 1 aromatic rings. The molecule has 1 aliphatic rings. The van der Waals surface area contributed by atoms with Crippen LogP contribution in [0, 0.1) is 0 Å². The first kappa shape index (κ1) is 9.62. The Labute approximate surface area is 84.5 Å². The molecule has 76 valence electrons. The Balaban J connectivity index is 1.73. The van der Waals surface area contributed by atoms with E-state index in [9.17, 15) is 0 Å². The molecule has 1 aliphatic heterocycles. The number of hydrogen-bond donors (Lipinski definition) is 1. The van der Waals surface area contributed by atoms with Gasteiger partial charge in [0.05, 0.1) is 12.2 Å². The van der Waals surface area contributed by atoms with Gasteiger partial charge < -0.3 is 10.1 Å². The van der Waals surface area contributed by atoms with E-state index in [4.69, 9.17) is 4.74 Å². The van der Waals surface area contributed by atoms with Crippen LogP contribution in [0.1, 0.15) is 12.5 Å². The van der Waals surface area contributed by atoms with Crippen LogP contribution in [0.25, 0.3) is 0 Å². The Hall–Kier alpha value is -0.930. The zero-order chi connectivity index (χ0) is 9.86. The van der Waals surface area contributed by atoms with Crippen LogP contribution in [0.5, 0.6) is 0 Å². The molecule has 1 saturated heterocycles. The van der Waals surface area contributed by atoms with Crippen molar-refractivity contribution >= 4 is 0 Å². The van der Waals surface area contributed by atoms with E-state index in [0.717, 1.165) is 26.1 Å². The molecule has 1 fully saturated rings. The third kappa shape index (κ3) is 2.30. The van der Waals surface area contributed by atoms with Crippen molar-refractivity contribution in [3.8, 4) is 0 Å². The molecule has 0 bridgehead atoms. The lowest BCUT2D eigenvalue weighted by Gasteiger charge is -2.39. The van der Waals surface area contributed by atoms with Gasteiger partial charge in [-0.1, -0.05) is 6.07 Å². The maximum Gasteiger partial charge on any atom is 0.0901 e. The second kappa shape index (κ2) is 4.07. The maximum absolute atomic E-state index is 5.78. The predicted molar refractivity (Wildman–Crippen MR) is 55.2 cm³/mol. The van der Waals surface area contributed by atoms with Crippen molar-refractivity contribution in [1.82, 2.24) is 10.3 Å². The van der Waals surface area contributed by atoms with Crippen molar-refractivity contribution in [1.29, 1.82) is 0 Å². The van der Waals surface area contributed by atoms with Crippen molar-refractivity contribution in [3.63, 3.8) is 0 Å². The van der Waals surface area contributed by atoms with Gasteiger partial charge in [-0.05, 0) is 25.0 Å². The molecule has 0 unspecified atom stereocenters. The van der Waals surface area contributed by atoms with Crippen LogP contribution in [0.2, 0.25) is 0 Å². The molecule has 0 radical (unpaired) electrons. The Morgan fingerprint density at radius 1 is 1.57 bits per heavy atom. The minimum Gasteiger partial charge on any atom is -0.372 e. The third-order valence-electron chi connectivity index (χ3n) is 2.56. The van der Waals surface area contributed by atoms with Gasteiger partial charge in [0.1, 0.15) is 0 Å². The summed E-state index contributed by atoms with van der Waals surface area (Å²) in [5.41, 5.74) is 1.31. The minimum absolute atomic E-state index is 0.0716. The average Bonchev–Trinajstić information content (AvgIpc) is 2.17. The molecule has 2 heterocycles. The van der Waals surface area contributed by atoms with Gasteiger partial charge in [-0.25, -0.2) is 0 Å². The van der Waals surface area contributed by atoms with E-state index < -0.39 is 0 Å². The average molecular weight is 192 g/mol. The smallest absolute Gasteiger partial charge is 0.0901 e. The highest BCUT2D eigenvalue weighted by atomic mass is 16.5. The van der Waals surface area contributed by atoms with Crippen LogP contribution in [-0.4, -0.2) is 30.3 Å². The molecule has 0 atom stereocenters. The first-order chi connectivity index (χ1) is 6.79. The molecule has 1 N–H and O–H groups in total. The summed E-state index contributed by atoms with van der Waals surface area (Å²) < 4.78 is 5.78. The first-order valence-electron chi connectivity index (χ1n) is 5.02. The van der Waals surface area contributed by atoms with Gasteiger partial charge in [0, 0.05) is 25.5 Å². The molecule has 2 rings (SSSR count). The molecular weight excluding hydrogens is 176 g/mol. The van der Waals surface area contributed by atoms with Crippen molar-refractivity contribution in [3.05, 3.63) is 30.1 Å². The van der Waals surface area contributed by atoms with Gasteiger partial charge in [-0.3, -0.25) is 4.98 Å². The summed E-state index contributed by atoms with van der Waals surface area (Å²) in [5, 5.41) is 3.21. The molecule has 14 heavy (non-hydrogen) atoms. The van der Waals surface area contributed by atoms with Gasteiger partial charge in [-0.15, -0.1) is 0 Å². The number of nitrogens with zero attached hydrogens (tertiary/aromatic N) is 1. The lowest BCUT2D eigenvalue weighted by atomic mass is 10.00. The van der Waals surface area contributed by atoms with E-state index in [1.165, 1.54) is 5.56 Å². The van der Waals surface area contributed by atoms with Gasteiger partial charge in [-0.2, -0.15) is 0 Å². The van der Waals surface area contributed by atoms with Crippen LogP contribution in [0.3, 0.4) is 0 Å². The Morgan fingerprint density at radius 2 is 2.43 bits per heavy atom. The van der Waals surface area contributed by atoms with Gasteiger partial charge in [0.25, 0.3) is 0 Å². The fourth-order valence-corrected chi connectivity index (χ4v) is 1.54. The van der Waals surface area contributed by atoms with Crippen LogP contribution >= 0.6 is 0 Å². The minimum atomic E-state index is 0.0716. The Morgan fingerprint density at radius 3 is 3.00 bits per heavy atom. The number of pyridine rings is 1. The third-order valence-corrected chi connectivity index (χ3v) is 2.56. The lowest BCUT2D eigenvalue weighted by molar-refractivity contribution is -0.0652. The van der Waals surface area contributed by atoms with Crippen LogP contribution in [0.4, 0.5) is 0 Å². The monoisotopic (exact) mass is 192 g/mol. The first-order valence-corrected chi connectivity index (χ1v) is 5.02. The normalized spacial score (nSPS) is 18.9. The fraction of sp³-hybridized carbons (Fsp3) is 0.545. The molecule has 0 aromatic carbocycles. The second-order valence-electron chi connectivity index (χ2n) is 4.01. The van der Waals surface area contributed by atoms with Crippen molar-refractivity contribution in [2.75, 3.05) is 19.7 Å². The topological polar surface area (TPSA) is 34.1 Å². The molecule has 3 heteroatoms. The molecular formula is C11H16N2O. The maximum atomic E-state index is 5.78. The second-order valence-corrected chi connectivity index (χ2v) is 4.01. The van der Waals surface area contributed by atoms with E-state index in [0.29, 0.717) is 0 Å². The number of aromatic nitrogens is 1. The fourth-order valence-electron chi connectivity index (χ4n) is 1.54. The summed E-state index contributed by atoms with van der Waals surface area (Å²) in [7, 11) is 0. The SMILES string of the molecule is CC1(OCCc2cccnc2)CNC1. The summed E-state index contributed by atoms with van der Waals surface area (Å²) in [5.74, 6) is 0. The van der Waals surface area contributed by atoms with Crippen molar-refractivity contribution in [2.24, 2.45) is 0 Å². The standard InChI is InChI=1S/C11H16N2O/c1-11(8-13-9-11)14-6-4-10-3-2-5-12-7-10/h2-3,5,7,13H,4,6,8-9H2,1H3. The quantitative estimate of drug-likeness (QED) is 0.773. The molecule has 3 nitrogen and oxygen atoms in total. The van der Waals surface area contributed by atoms with Crippen LogP contribution in [0.15, 0.2) is 24.5 Å². The zero-order valence-corrected chi connectivity index (χ0v) is 8.49. The molecule has 0 amide bonds. The van der Waals surface area contributed by atoms with E-state index in [2.05, 4.69) is 23.3 Å². The van der Waals surface area contributed by atoms with E-state index >= 15 is 0 Å². The zero-order valence-electron chi connectivity index (χ0n) is 8.49. The Bertz CT molecular complexity index is 283. The summed E-state index contributed by atoms with van der Waals surface area (Å²) in [6, 6.07) is 4.04. The molecule has 0 aliphatic carbocycles. The van der Waals surface area contributed by atoms with E-state index in [-0.39, 0.29) is 5.60 Å². The summed E-state index contributed by atoms with van der Waals surface area (Å²) >= 11 is 0.